The maximum atomic E-state index is 13.7. The molecule has 0 fully saturated rings. The summed E-state index contributed by atoms with van der Waals surface area (Å²) in [4.78, 5) is 7.95. The number of rotatable bonds is 2. The van der Waals surface area contributed by atoms with Crippen LogP contribution < -0.4 is 11.1 Å². The van der Waals surface area contributed by atoms with E-state index in [1.807, 2.05) is 0 Å². The summed E-state index contributed by atoms with van der Waals surface area (Å²) in [5.74, 6) is -3.02. The van der Waals surface area contributed by atoms with Gasteiger partial charge >= 0.3 is 0 Å². The minimum absolute atomic E-state index is 0.0425. The smallest absolute Gasteiger partial charge is 0.222 e. The van der Waals surface area contributed by atoms with Crippen molar-refractivity contribution in [2.24, 2.45) is 0 Å². The van der Waals surface area contributed by atoms with Crippen LogP contribution in [0.15, 0.2) is 36.4 Å². The Labute approximate surface area is 117 Å². The number of anilines is 3. The van der Waals surface area contributed by atoms with Crippen molar-refractivity contribution in [3.63, 3.8) is 0 Å². The monoisotopic (exact) mass is 290 g/mol. The van der Waals surface area contributed by atoms with Gasteiger partial charge in [0.15, 0.2) is 11.6 Å². The number of halogens is 3. The number of benzene rings is 2. The molecule has 0 aliphatic rings. The largest absolute Gasteiger partial charge is 0.368 e. The fourth-order valence-corrected chi connectivity index (χ4v) is 1.97. The van der Waals surface area contributed by atoms with Crippen LogP contribution in [0, 0.1) is 17.5 Å². The second-order valence-corrected chi connectivity index (χ2v) is 4.32. The van der Waals surface area contributed by atoms with Gasteiger partial charge in [-0.15, -0.1) is 0 Å². The van der Waals surface area contributed by atoms with E-state index in [2.05, 4.69) is 15.3 Å². The van der Waals surface area contributed by atoms with Gasteiger partial charge in [0.05, 0.1) is 5.52 Å². The van der Waals surface area contributed by atoms with E-state index in [1.54, 1.807) is 24.3 Å². The van der Waals surface area contributed by atoms with E-state index < -0.39 is 23.1 Å². The minimum atomic E-state index is -1.06. The minimum Gasteiger partial charge on any atom is -0.368 e. The molecule has 21 heavy (non-hydrogen) atoms. The van der Waals surface area contributed by atoms with Gasteiger partial charge in [0.25, 0.3) is 0 Å². The number of nitrogens with one attached hydrogen (secondary N) is 1. The molecule has 3 rings (SSSR count). The summed E-state index contributed by atoms with van der Waals surface area (Å²) in [6, 6.07) is 8.00. The van der Waals surface area contributed by atoms with Gasteiger partial charge in [-0.1, -0.05) is 12.1 Å². The first kappa shape index (κ1) is 13.2. The second-order valence-electron chi connectivity index (χ2n) is 4.32. The summed E-state index contributed by atoms with van der Waals surface area (Å²) in [7, 11) is 0. The molecule has 2 aromatic carbocycles. The molecule has 0 saturated carbocycles. The number of nitrogens with zero attached hydrogens (tertiary/aromatic N) is 2. The van der Waals surface area contributed by atoms with Crippen LogP contribution in [-0.2, 0) is 0 Å². The number of para-hydroxylation sites is 1. The number of nitrogens with two attached hydrogens (primary N) is 1. The third kappa shape index (κ3) is 2.45. The zero-order chi connectivity index (χ0) is 15.0. The highest BCUT2D eigenvalue weighted by molar-refractivity contribution is 5.91. The summed E-state index contributed by atoms with van der Waals surface area (Å²) >= 11 is 0. The van der Waals surface area contributed by atoms with Crippen molar-refractivity contribution in [1.82, 2.24) is 9.97 Å². The van der Waals surface area contributed by atoms with Crippen LogP contribution in [0.3, 0.4) is 0 Å². The Morgan fingerprint density at radius 3 is 2.33 bits per heavy atom. The summed E-state index contributed by atoms with van der Waals surface area (Å²) in [6.07, 6.45) is 0. The van der Waals surface area contributed by atoms with Gasteiger partial charge in [-0.05, 0) is 12.1 Å². The Morgan fingerprint density at radius 2 is 1.62 bits per heavy atom. The van der Waals surface area contributed by atoms with Crippen LogP contribution in [0.5, 0.6) is 0 Å². The Hall–Kier alpha value is -2.83. The van der Waals surface area contributed by atoms with Crippen molar-refractivity contribution in [2.75, 3.05) is 11.1 Å². The Balaban J connectivity index is 2.15. The lowest BCUT2D eigenvalue weighted by molar-refractivity contribution is 0.549. The molecule has 0 bridgehead atoms. The molecule has 1 heterocycles. The number of hydrogen-bond acceptors (Lipinski definition) is 4. The summed E-state index contributed by atoms with van der Waals surface area (Å²) in [5, 5.41) is 3.04. The SMILES string of the molecule is Nc1nc(Nc2c(F)cc(F)cc2F)c2ccccc2n1. The van der Waals surface area contributed by atoms with Crippen molar-refractivity contribution in [3.8, 4) is 0 Å². The predicted molar refractivity (Wildman–Crippen MR) is 73.5 cm³/mol. The van der Waals surface area contributed by atoms with Crippen LogP contribution in [0.1, 0.15) is 0 Å². The number of fused-ring (bicyclic) bond motifs is 1. The van der Waals surface area contributed by atoms with Crippen LogP contribution in [-0.4, -0.2) is 9.97 Å². The molecule has 3 aromatic rings. The van der Waals surface area contributed by atoms with E-state index in [0.717, 1.165) is 0 Å². The molecule has 0 spiro atoms. The topological polar surface area (TPSA) is 63.8 Å². The molecule has 0 saturated heterocycles. The molecule has 0 aliphatic carbocycles. The number of aromatic nitrogens is 2. The van der Waals surface area contributed by atoms with Crippen molar-refractivity contribution >= 4 is 28.4 Å². The van der Waals surface area contributed by atoms with Crippen LogP contribution in [0.2, 0.25) is 0 Å². The van der Waals surface area contributed by atoms with Crippen molar-refractivity contribution in [2.45, 2.75) is 0 Å². The van der Waals surface area contributed by atoms with Crippen molar-refractivity contribution in [3.05, 3.63) is 53.8 Å². The first-order valence-electron chi connectivity index (χ1n) is 5.98. The molecule has 0 unspecified atom stereocenters. The van der Waals surface area contributed by atoms with Gasteiger partial charge in [-0.2, -0.15) is 4.98 Å². The highest BCUT2D eigenvalue weighted by Gasteiger charge is 2.14. The molecule has 3 N–H and O–H groups in total. The molecule has 0 amide bonds. The third-order valence-electron chi connectivity index (χ3n) is 2.87. The molecular weight excluding hydrogens is 281 g/mol. The maximum absolute atomic E-state index is 13.7. The summed E-state index contributed by atoms with van der Waals surface area (Å²) < 4.78 is 40.3. The molecule has 0 atom stereocenters. The van der Waals surface area contributed by atoms with Gasteiger partial charge in [0.1, 0.15) is 17.3 Å². The zero-order valence-electron chi connectivity index (χ0n) is 10.6. The highest BCUT2D eigenvalue weighted by Crippen LogP contribution is 2.28. The van der Waals surface area contributed by atoms with E-state index >= 15 is 0 Å². The van der Waals surface area contributed by atoms with Crippen molar-refractivity contribution in [1.29, 1.82) is 0 Å². The number of nitrogen functional groups attached to an aromatic ring is 1. The summed E-state index contributed by atoms with van der Waals surface area (Å²) in [5.41, 5.74) is 5.59. The lowest BCUT2D eigenvalue weighted by Gasteiger charge is -2.11. The predicted octanol–water partition coefficient (Wildman–Crippen LogP) is 3.37. The van der Waals surface area contributed by atoms with E-state index in [1.165, 1.54) is 0 Å². The standard InChI is InChI=1S/C14H9F3N4/c15-7-5-9(16)12(10(17)6-7)20-13-8-3-1-2-4-11(8)19-14(18)21-13/h1-6H,(H3,18,19,20,21). The molecule has 7 heteroatoms. The first-order valence-corrected chi connectivity index (χ1v) is 5.98. The Bertz CT molecular complexity index is 813. The van der Waals surface area contributed by atoms with E-state index in [0.29, 0.717) is 23.0 Å². The van der Waals surface area contributed by atoms with Crippen molar-refractivity contribution < 1.29 is 13.2 Å². The van der Waals surface area contributed by atoms with E-state index in [4.69, 9.17) is 5.73 Å². The lowest BCUT2D eigenvalue weighted by Crippen LogP contribution is -2.04. The first-order chi connectivity index (χ1) is 10.0. The highest BCUT2D eigenvalue weighted by atomic mass is 19.1. The fraction of sp³-hybridized carbons (Fsp3) is 0. The average Bonchev–Trinajstić information content (AvgIpc) is 2.42. The Kier molecular flexibility index (Phi) is 3.09. The zero-order valence-corrected chi connectivity index (χ0v) is 10.6. The van der Waals surface area contributed by atoms with Gasteiger partial charge < -0.3 is 11.1 Å². The van der Waals surface area contributed by atoms with E-state index in [9.17, 15) is 13.2 Å². The lowest BCUT2D eigenvalue weighted by atomic mass is 10.2. The normalized spacial score (nSPS) is 10.8. The second kappa shape index (κ2) is 4.93. The van der Waals surface area contributed by atoms with Gasteiger partial charge in [-0.25, -0.2) is 18.2 Å². The van der Waals surface area contributed by atoms with Gasteiger partial charge in [0.2, 0.25) is 5.95 Å². The maximum Gasteiger partial charge on any atom is 0.222 e. The molecule has 106 valence electrons. The van der Waals surface area contributed by atoms with E-state index in [-0.39, 0.29) is 11.8 Å². The summed E-state index contributed by atoms with van der Waals surface area (Å²) in [6.45, 7) is 0. The average molecular weight is 290 g/mol. The van der Waals surface area contributed by atoms with Gasteiger partial charge in [-0.3, -0.25) is 0 Å². The molecule has 4 nitrogen and oxygen atoms in total. The Morgan fingerprint density at radius 1 is 0.952 bits per heavy atom. The fourth-order valence-electron chi connectivity index (χ4n) is 1.97. The van der Waals surface area contributed by atoms with Crippen LogP contribution in [0.4, 0.5) is 30.6 Å². The molecule has 0 aliphatic heterocycles. The quantitative estimate of drug-likeness (QED) is 0.759. The molecule has 0 radical (unpaired) electrons. The molecular formula is C14H9F3N4. The van der Waals surface area contributed by atoms with Gasteiger partial charge in [0, 0.05) is 17.5 Å². The van der Waals surface area contributed by atoms with Crippen LogP contribution in [0.25, 0.3) is 10.9 Å². The molecule has 1 aromatic heterocycles. The van der Waals surface area contributed by atoms with Crippen LogP contribution >= 0.6 is 0 Å². The third-order valence-corrected chi connectivity index (χ3v) is 2.87. The number of hydrogen-bond donors (Lipinski definition) is 2.